The summed E-state index contributed by atoms with van der Waals surface area (Å²) in [6.07, 6.45) is -0.0556. The zero-order valence-corrected chi connectivity index (χ0v) is 2.88. The van der Waals surface area contributed by atoms with Crippen molar-refractivity contribution in [3.8, 4) is 0 Å². The lowest BCUT2D eigenvalue weighted by Gasteiger charge is -1.44. The summed E-state index contributed by atoms with van der Waals surface area (Å²) in [4.78, 5) is 0. The molecular weight excluding hydrogens is 70.1 g/mol. The molecule has 0 unspecified atom stereocenters. The Balaban J connectivity index is 3.20. The Kier molecular flexibility index (Phi) is 1.40. The van der Waals surface area contributed by atoms with E-state index in [4.69, 9.17) is 1.37 Å². The van der Waals surface area contributed by atoms with Gasteiger partial charge in [0.15, 0.2) is 0 Å². The lowest BCUT2D eigenvalue weighted by molar-refractivity contribution is 1.69. The van der Waals surface area contributed by atoms with Crippen LogP contribution in [0.15, 0.2) is 17.1 Å². The second-order valence-corrected chi connectivity index (χ2v) is 0.432. The Morgan fingerprint density at radius 3 is 2.75 bits per heavy atom. The monoisotopic (exact) mass is 74.0 g/mol. The van der Waals surface area contributed by atoms with Gasteiger partial charge in [-0.05, 0) is 0 Å². The molecule has 0 amide bonds. The summed E-state index contributed by atoms with van der Waals surface area (Å²) < 4.78 is 9.31. The molecule has 4 heavy (non-hydrogen) atoms. The molecule has 2 heteroatoms. The van der Waals surface area contributed by atoms with E-state index in [1.54, 1.807) is 0 Å². The van der Waals surface area contributed by atoms with E-state index in [2.05, 4.69) is 23.4 Å². The van der Waals surface area contributed by atoms with Gasteiger partial charge in [0.25, 0.3) is 0 Å². The van der Waals surface area contributed by atoms with Crippen LogP contribution in [0.3, 0.4) is 0 Å². The Hall–Kier alpha value is -0.240. The number of hydrogen-bond donors (Lipinski definition) is 0. The Morgan fingerprint density at radius 1 is 2.50 bits per heavy atom. The molecule has 0 aromatic carbocycles. The molecule has 0 atom stereocenters. The minimum Gasteiger partial charge on any atom is -0.190 e. The third kappa shape index (κ3) is 1.76. The molecule has 0 bridgehead atoms. The zero-order valence-electron chi connectivity index (χ0n) is 3.06. The molecule has 0 aromatic rings. The minimum absolute atomic E-state index is 0.0556. The van der Waals surface area contributed by atoms with Crippen LogP contribution < -0.4 is 0 Å². The molecule has 0 spiro atoms. The van der Waals surface area contributed by atoms with Crippen LogP contribution in [-0.4, -0.2) is 0 Å². The number of nitrogens with zero attached hydrogens (tertiary/aromatic N) is 1. The van der Waals surface area contributed by atoms with E-state index in [1.807, 2.05) is 0 Å². The van der Waals surface area contributed by atoms with Gasteiger partial charge in [-0.25, -0.2) is 0 Å². The van der Waals surface area contributed by atoms with Crippen LogP contribution in [0.25, 0.3) is 0 Å². The molecule has 0 fully saturated rings. The van der Waals surface area contributed by atoms with E-state index in [0.29, 0.717) is 0 Å². The van der Waals surface area contributed by atoms with Gasteiger partial charge < -0.3 is 0 Å². The van der Waals surface area contributed by atoms with Crippen LogP contribution >= 0.6 is 0 Å². The average molecular weight is 74.1 g/mol. The van der Waals surface area contributed by atoms with E-state index in [-0.39, 0.29) is 6.18 Å². The van der Waals surface area contributed by atoms with Gasteiger partial charge in [-0.1, -0.05) is 6.58 Å². The Bertz CT molecular complexity index is 60.7. The second-order valence-electron chi connectivity index (χ2n) is 0.249. The minimum atomic E-state index is -0.0556. The summed E-state index contributed by atoms with van der Waals surface area (Å²) in [5.74, 6) is 0. The zero-order chi connectivity index (χ0) is 4.28. The van der Waals surface area contributed by atoms with Crippen LogP contribution in [-0.2, 0) is 12.4 Å². The predicted molar refractivity (Wildman–Crippen MR) is 20.0 cm³/mol. The first-order valence-corrected chi connectivity index (χ1v) is 1.12. The summed E-state index contributed by atoms with van der Waals surface area (Å²) in [7, 11) is 0. The molecule has 0 aliphatic heterocycles. The van der Waals surface area contributed by atoms with Gasteiger partial charge >= 0.3 is 0 Å². The fraction of sp³-hybridized carbons (Fsp3) is 0. The predicted octanol–water partition coefficient (Wildman–Crippen LogP) is 0.860. The third-order valence-electron chi connectivity index (χ3n) is 0.0645. The van der Waals surface area contributed by atoms with E-state index in [1.165, 1.54) is 0 Å². The average Bonchev–Trinajstić information content (AvgIpc) is 1.38. The van der Waals surface area contributed by atoms with Gasteiger partial charge in [0.2, 0.25) is 0 Å². The molecule has 0 N–H and O–H groups in total. The summed E-state index contributed by atoms with van der Waals surface area (Å²) in [6.45, 7) is 3.07. The molecular formula is C2H3NS. The van der Waals surface area contributed by atoms with Crippen molar-refractivity contribution < 1.29 is 1.37 Å². The molecule has 22 valence electrons. The summed E-state index contributed by atoms with van der Waals surface area (Å²) in [6, 6.07) is 0. The molecule has 0 radical (unpaired) electrons. The Morgan fingerprint density at radius 2 is 2.75 bits per heavy atom. The first-order valence-electron chi connectivity index (χ1n) is 1.26. The van der Waals surface area contributed by atoms with Crippen LogP contribution in [0.5, 0.6) is 0 Å². The lowest BCUT2D eigenvalue weighted by Crippen LogP contribution is -1.22. The number of rotatable bonds is 1. The smallest absolute Gasteiger partial charge is 0.0845 e. The molecule has 0 aromatic heterocycles. The van der Waals surface area contributed by atoms with E-state index < -0.39 is 0 Å². The summed E-state index contributed by atoms with van der Waals surface area (Å²) >= 11 is 4.01. The Labute approximate surface area is 31.9 Å². The summed E-state index contributed by atoms with van der Waals surface area (Å²) in [5, 5.41) is 0. The van der Waals surface area contributed by atoms with Crippen LogP contribution in [0, 0.1) is 0 Å². The fourth-order valence-corrected chi connectivity index (χ4v) is 0. The molecule has 1 nitrogen and oxygen atoms in total. The highest BCUT2D eigenvalue weighted by Gasteiger charge is 1.31. The molecule has 0 heterocycles. The van der Waals surface area contributed by atoms with Gasteiger partial charge in [0, 0.05) is 18.6 Å². The van der Waals surface area contributed by atoms with Crippen molar-refractivity contribution in [2.24, 2.45) is 4.36 Å². The van der Waals surface area contributed by atoms with E-state index >= 15 is 0 Å². The maximum Gasteiger partial charge on any atom is 0.0845 e. The normalized spacial score (nSPS) is 8.50. The molecule has 0 aliphatic rings. The van der Waals surface area contributed by atoms with Crippen molar-refractivity contribution in [3.63, 3.8) is 0 Å². The van der Waals surface area contributed by atoms with Gasteiger partial charge in [-0.2, -0.15) is 4.36 Å². The highest BCUT2D eigenvalue weighted by Crippen LogP contribution is 1.52. The van der Waals surface area contributed by atoms with Gasteiger partial charge in [-0.15, -0.1) is 0 Å². The molecule has 0 rings (SSSR count). The van der Waals surface area contributed by atoms with Crippen LogP contribution in [0.2, 0.25) is 0 Å². The topological polar surface area (TPSA) is 12.4 Å². The van der Waals surface area contributed by atoms with E-state index in [0.717, 1.165) is 0 Å². The van der Waals surface area contributed by atoms with Gasteiger partial charge in [-0.3, -0.25) is 0 Å². The van der Waals surface area contributed by atoms with Crippen molar-refractivity contribution >= 4 is 12.4 Å². The van der Waals surface area contributed by atoms with Crippen LogP contribution in [0.4, 0.5) is 0 Å². The SMILES string of the molecule is [2H]C(=C)N=S. The van der Waals surface area contributed by atoms with Gasteiger partial charge in [0.05, 0.1) is 1.37 Å². The van der Waals surface area contributed by atoms with E-state index in [9.17, 15) is 0 Å². The molecule has 0 aliphatic carbocycles. The fourth-order valence-electron chi connectivity index (χ4n) is 0. The second kappa shape index (κ2) is 2.76. The van der Waals surface area contributed by atoms with Gasteiger partial charge in [0.1, 0.15) is 0 Å². The maximum absolute atomic E-state index is 6.36. The third-order valence-corrected chi connectivity index (χ3v) is 0.194. The van der Waals surface area contributed by atoms with Crippen molar-refractivity contribution in [3.05, 3.63) is 12.8 Å². The lowest BCUT2D eigenvalue weighted by atomic mass is 11.1. The first kappa shape index (κ1) is 2.03. The van der Waals surface area contributed by atoms with Crippen molar-refractivity contribution in [1.29, 1.82) is 0 Å². The van der Waals surface area contributed by atoms with Crippen LogP contribution in [0.1, 0.15) is 1.37 Å². The standard InChI is InChI=1S/C2H3NS/c1-2-3-4/h2H,1H2/i2D. The number of hydrogen-bond acceptors (Lipinski definition) is 2. The molecule has 0 saturated carbocycles. The van der Waals surface area contributed by atoms with Crippen molar-refractivity contribution in [1.82, 2.24) is 0 Å². The van der Waals surface area contributed by atoms with Crippen molar-refractivity contribution in [2.75, 3.05) is 0 Å². The quantitative estimate of drug-likeness (QED) is 0.449. The largest absolute Gasteiger partial charge is 0.190 e. The van der Waals surface area contributed by atoms with Crippen molar-refractivity contribution in [2.45, 2.75) is 0 Å². The molecule has 0 saturated heterocycles. The highest BCUT2D eigenvalue weighted by molar-refractivity contribution is 7.47. The summed E-state index contributed by atoms with van der Waals surface area (Å²) in [5.41, 5.74) is 0. The maximum atomic E-state index is 6.36. The first-order chi connectivity index (χ1) is 2.27. The highest BCUT2D eigenvalue weighted by atomic mass is 32.1.